The lowest BCUT2D eigenvalue weighted by Crippen LogP contribution is -2.41. The highest BCUT2D eigenvalue weighted by molar-refractivity contribution is 5.92. The summed E-state index contributed by atoms with van der Waals surface area (Å²) in [5, 5.41) is 0. The molecule has 4 rings (SSSR count). The van der Waals surface area contributed by atoms with Gasteiger partial charge >= 0.3 is 11.9 Å². The van der Waals surface area contributed by atoms with E-state index in [9.17, 15) is 9.59 Å². The molecule has 0 unspecified atom stereocenters. The molecule has 0 aromatic heterocycles. The fourth-order valence-electron chi connectivity index (χ4n) is 4.70. The number of methoxy groups -OCH3 is 6. The lowest BCUT2D eigenvalue weighted by Gasteiger charge is -2.32. The molecule has 0 fully saturated rings. The molecule has 1 aliphatic carbocycles. The molecule has 0 amide bonds. The van der Waals surface area contributed by atoms with Crippen LogP contribution >= 0.6 is 0 Å². The Balaban J connectivity index is 1.63. The highest BCUT2D eigenvalue weighted by Crippen LogP contribution is 2.40. The molecule has 0 bridgehead atoms. The van der Waals surface area contributed by atoms with Crippen LogP contribution in [-0.2, 0) is 22.3 Å². The smallest absolute Gasteiger partial charge is 0.338 e. The summed E-state index contributed by atoms with van der Waals surface area (Å²) < 4.78 is 44.1. The fraction of sp³-hybridized carbons (Fsp3) is 0.333. The second-order valence-corrected chi connectivity index (χ2v) is 8.89. The van der Waals surface area contributed by atoms with Gasteiger partial charge in [0, 0.05) is 12.8 Å². The maximum atomic E-state index is 13.3. The molecule has 10 nitrogen and oxygen atoms in total. The van der Waals surface area contributed by atoms with Crippen molar-refractivity contribution < 1.29 is 47.5 Å². The molecule has 3 aromatic rings. The molecule has 2 atom stereocenters. The van der Waals surface area contributed by atoms with Crippen LogP contribution in [0.5, 0.6) is 34.5 Å². The van der Waals surface area contributed by atoms with Crippen molar-refractivity contribution in [2.24, 2.45) is 0 Å². The number of benzene rings is 3. The highest BCUT2D eigenvalue weighted by atomic mass is 16.6. The summed E-state index contributed by atoms with van der Waals surface area (Å²) in [6, 6.07) is 13.8. The van der Waals surface area contributed by atoms with Gasteiger partial charge in [-0.3, -0.25) is 0 Å². The molecule has 0 saturated heterocycles. The van der Waals surface area contributed by atoms with E-state index in [-0.39, 0.29) is 11.1 Å². The monoisotopic (exact) mass is 552 g/mol. The van der Waals surface area contributed by atoms with Gasteiger partial charge in [-0.05, 0) is 35.4 Å². The first-order valence-electron chi connectivity index (χ1n) is 12.5. The van der Waals surface area contributed by atoms with Crippen LogP contribution in [0.1, 0.15) is 31.8 Å². The molecule has 1 aliphatic rings. The highest BCUT2D eigenvalue weighted by Gasteiger charge is 2.35. The van der Waals surface area contributed by atoms with E-state index in [1.165, 1.54) is 66.9 Å². The number of carbonyl (C=O) groups excluding carboxylic acids is 2. The molecule has 3 aromatic carbocycles. The van der Waals surface area contributed by atoms with Crippen LogP contribution in [0.25, 0.3) is 0 Å². The topological polar surface area (TPSA) is 108 Å². The van der Waals surface area contributed by atoms with Crippen LogP contribution in [0.4, 0.5) is 0 Å². The van der Waals surface area contributed by atoms with E-state index in [4.69, 9.17) is 37.9 Å². The second-order valence-electron chi connectivity index (χ2n) is 8.89. The first-order chi connectivity index (χ1) is 19.4. The minimum absolute atomic E-state index is 0.197. The maximum absolute atomic E-state index is 13.3. The third-order valence-corrected chi connectivity index (χ3v) is 6.69. The molecule has 0 N–H and O–H groups in total. The van der Waals surface area contributed by atoms with Crippen molar-refractivity contribution in [2.45, 2.75) is 25.0 Å². The molecule has 0 saturated carbocycles. The standard InChI is InChI=1S/C30H32O10/c1-33-23-13-19(14-24(34-2)27(23)37-5)29(31)39-21-11-17-9-7-8-10-18(17)12-22(21)40-30(32)20-15-25(35-3)28(38-6)26(16-20)36-4/h7-10,13-16,21-22H,11-12H2,1-6H3/t21-,22+. The van der Waals surface area contributed by atoms with Gasteiger partial charge in [-0.25, -0.2) is 9.59 Å². The van der Waals surface area contributed by atoms with E-state index in [1.807, 2.05) is 24.3 Å². The lowest BCUT2D eigenvalue weighted by atomic mass is 9.87. The zero-order valence-electron chi connectivity index (χ0n) is 23.3. The Bertz CT molecular complexity index is 1230. The largest absolute Gasteiger partial charge is 0.493 e. The summed E-state index contributed by atoms with van der Waals surface area (Å²) in [5.41, 5.74) is 2.40. The van der Waals surface area contributed by atoms with Crippen molar-refractivity contribution in [3.05, 3.63) is 70.8 Å². The van der Waals surface area contributed by atoms with Crippen molar-refractivity contribution in [3.8, 4) is 34.5 Å². The predicted molar refractivity (Wildman–Crippen MR) is 144 cm³/mol. The minimum atomic E-state index is -0.757. The summed E-state index contributed by atoms with van der Waals surface area (Å²) in [6.45, 7) is 0. The van der Waals surface area contributed by atoms with E-state index >= 15 is 0 Å². The van der Waals surface area contributed by atoms with Gasteiger partial charge in [-0.15, -0.1) is 0 Å². The number of esters is 2. The van der Waals surface area contributed by atoms with Gasteiger partial charge in [-0.2, -0.15) is 0 Å². The van der Waals surface area contributed by atoms with Crippen molar-refractivity contribution in [1.82, 2.24) is 0 Å². The fourth-order valence-corrected chi connectivity index (χ4v) is 4.70. The Morgan fingerprint density at radius 1 is 0.550 bits per heavy atom. The van der Waals surface area contributed by atoms with Crippen LogP contribution in [0.3, 0.4) is 0 Å². The van der Waals surface area contributed by atoms with Crippen LogP contribution in [0, 0.1) is 0 Å². The number of ether oxygens (including phenoxy) is 8. The van der Waals surface area contributed by atoms with E-state index in [0.717, 1.165) is 11.1 Å². The van der Waals surface area contributed by atoms with Crippen LogP contribution in [0.2, 0.25) is 0 Å². The Kier molecular flexibility index (Phi) is 8.88. The molecular weight excluding hydrogens is 520 g/mol. The molecule has 212 valence electrons. The lowest BCUT2D eigenvalue weighted by molar-refractivity contribution is -0.0389. The quantitative estimate of drug-likeness (QED) is 0.338. The maximum Gasteiger partial charge on any atom is 0.338 e. The van der Waals surface area contributed by atoms with Crippen molar-refractivity contribution >= 4 is 11.9 Å². The molecule has 0 spiro atoms. The Morgan fingerprint density at radius 3 is 1.15 bits per heavy atom. The van der Waals surface area contributed by atoms with Gasteiger partial charge in [0.1, 0.15) is 12.2 Å². The Labute approximate surface area is 232 Å². The molecule has 10 heteroatoms. The summed E-state index contributed by atoms with van der Waals surface area (Å²) >= 11 is 0. The third kappa shape index (κ3) is 5.70. The number of fused-ring (bicyclic) bond motifs is 1. The van der Waals surface area contributed by atoms with Gasteiger partial charge in [0.05, 0.1) is 53.8 Å². The molecule has 0 radical (unpaired) electrons. The zero-order valence-corrected chi connectivity index (χ0v) is 23.3. The first kappa shape index (κ1) is 28.4. The van der Waals surface area contributed by atoms with Gasteiger partial charge in [0.15, 0.2) is 23.0 Å². The molecule has 0 aliphatic heterocycles. The number of rotatable bonds is 10. The third-order valence-electron chi connectivity index (χ3n) is 6.69. The first-order valence-corrected chi connectivity index (χ1v) is 12.5. The van der Waals surface area contributed by atoms with Gasteiger partial charge in [0.2, 0.25) is 11.5 Å². The number of hydrogen-bond donors (Lipinski definition) is 0. The second kappa shape index (κ2) is 12.5. The Hall–Kier alpha value is -4.60. The average Bonchev–Trinajstić information content (AvgIpc) is 2.99. The summed E-state index contributed by atoms with van der Waals surface area (Å²) in [5.74, 6) is 0.702. The summed E-state index contributed by atoms with van der Waals surface area (Å²) in [6.07, 6.45) is -0.793. The van der Waals surface area contributed by atoms with Crippen LogP contribution in [0.15, 0.2) is 48.5 Å². The van der Waals surface area contributed by atoms with E-state index < -0.39 is 24.1 Å². The number of carbonyl (C=O) groups is 2. The summed E-state index contributed by atoms with van der Waals surface area (Å²) in [4.78, 5) is 26.7. The van der Waals surface area contributed by atoms with Gasteiger partial charge < -0.3 is 37.9 Å². The minimum Gasteiger partial charge on any atom is -0.493 e. The normalized spacial score (nSPS) is 15.8. The zero-order chi connectivity index (χ0) is 28.8. The van der Waals surface area contributed by atoms with Crippen molar-refractivity contribution in [3.63, 3.8) is 0 Å². The van der Waals surface area contributed by atoms with Crippen LogP contribution < -0.4 is 28.4 Å². The average molecular weight is 553 g/mol. The van der Waals surface area contributed by atoms with Gasteiger partial charge in [0.25, 0.3) is 0 Å². The SMILES string of the molecule is COc1cc(C(=O)O[C@H]2Cc3ccccc3C[C@H]2OC(=O)c2cc(OC)c(OC)c(OC)c2)cc(OC)c1OC. The summed E-state index contributed by atoms with van der Waals surface area (Å²) in [7, 11) is 8.80. The van der Waals surface area contributed by atoms with E-state index in [1.54, 1.807) is 0 Å². The van der Waals surface area contributed by atoms with Crippen LogP contribution in [-0.4, -0.2) is 66.8 Å². The van der Waals surface area contributed by atoms with E-state index in [2.05, 4.69) is 0 Å². The Morgan fingerprint density at radius 2 is 0.875 bits per heavy atom. The van der Waals surface area contributed by atoms with E-state index in [0.29, 0.717) is 47.3 Å². The van der Waals surface area contributed by atoms with Crippen molar-refractivity contribution in [2.75, 3.05) is 42.7 Å². The molecule has 40 heavy (non-hydrogen) atoms. The predicted octanol–water partition coefficient (Wildman–Crippen LogP) is 4.29. The molecular formula is C30H32O10. The number of hydrogen-bond acceptors (Lipinski definition) is 10. The van der Waals surface area contributed by atoms with Crippen molar-refractivity contribution in [1.29, 1.82) is 0 Å². The molecule has 0 heterocycles. The van der Waals surface area contributed by atoms with Gasteiger partial charge in [-0.1, -0.05) is 24.3 Å².